The van der Waals surface area contributed by atoms with Crippen LogP contribution in [0.1, 0.15) is 21.5 Å². The summed E-state index contributed by atoms with van der Waals surface area (Å²) in [5, 5.41) is 8.74. The van der Waals surface area contributed by atoms with Crippen molar-refractivity contribution in [2.75, 3.05) is 0 Å². The second-order valence-electron chi connectivity index (χ2n) is 4.34. The third-order valence-electron chi connectivity index (χ3n) is 3.21. The quantitative estimate of drug-likeness (QED) is 0.889. The molecule has 0 saturated heterocycles. The highest BCUT2D eigenvalue weighted by atomic mass is 19.2. The Morgan fingerprint density at radius 3 is 2.32 bits per heavy atom. The number of aryl methyl sites for hydroxylation is 1. The zero-order valence-corrected chi connectivity index (χ0v) is 10.5. The Labute approximate surface area is 109 Å². The van der Waals surface area contributed by atoms with Crippen LogP contribution in [0.3, 0.4) is 0 Å². The third kappa shape index (κ3) is 2.21. The van der Waals surface area contributed by atoms with E-state index in [2.05, 4.69) is 0 Å². The summed E-state index contributed by atoms with van der Waals surface area (Å²) in [5.41, 5.74) is 1.77. The zero-order valence-electron chi connectivity index (χ0n) is 10.5. The molecule has 2 rings (SSSR count). The summed E-state index contributed by atoms with van der Waals surface area (Å²) in [6, 6.07) is 7.68. The van der Waals surface area contributed by atoms with Gasteiger partial charge in [0.05, 0.1) is 5.56 Å². The van der Waals surface area contributed by atoms with Gasteiger partial charge in [-0.25, -0.2) is 13.6 Å². The van der Waals surface area contributed by atoms with E-state index < -0.39 is 23.2 Å². The molecule has 1 N–H and O–H groups in total. The molecule has 2 aromatic carbocycles. The molecule has 0 aliphatic carbocycles. The van der Waals surface area contributed by atoms with Crippen molar-refractivity contribution in [1.29, 1.82) is 0 Å². The van der Waals surface area contributed by atoms with E-state index in [9.17, 15) is 13.6 Å². The van der Waals surface area contributed by atoms with E-state index in [0.717, 1.165) is 17.2 Å². The molecule has 2 nitrogen and oxygen atoms in total. The summed E-state index contributed by atoms with van der Waals surface area (Å²) in [5.74, 6) is -3.94. The average Bonchev–Trinajstić information content (AvgIpc) is 2.36. The Hall–Kier alpha value is -2.23. The van der Waals surface area contributed by atoms with Crippen molar-refractivity contribution < 1.29 is 18.7 Å². The molecule has 0 unspecified atom stereocenters. The number of aromatic carboxylic acids is 1. The third-order valence-corrected chi connectivity index (χ3v) is 3.21. The smallest absolute Gasteiger partial charge is 0.338 e. The van der Waals surface area contributed by atoms with Crippen molar-refractivity contribution in [3.05, 3.63) is 58.7 Å². The fourth-order valence-corrected chi connectivity index (χ4v) is 1.97. The predicted octanol–water partition coefficient (Wildman–Crippen LogP) is 3.95. The summed E-state index contributed by atoms with van der Waals surface area (Å²) in [6.07, 6.45) is 0. The van der Waals surface area contributed by atoms with Crippen LogP contribution in [-0.4, -0.2) is 11.1 Å². The number of hydrogen-bond acceptors (Lipinski definition) is 1. The van der Waals surface area contributed by atoms with Crippen molar-refractivity contribution >= 4 is 5.97 Å². The zero-order chi connectivity index (χ0) is 14.2. The number of benzene rings is 2. The molecular weight excluding hydrogens is 250 g/mol. The van der Waals surface area contributed by atoms with Gasteiger partial charge in [-0.1, -0.05) is 24.3 Å². The summed E-state index contributed by atoms with van der Waals surface area (Å²) in [7, 11) is 0. The molecule has 0 bridgehead atoms. The van der Waals surface area contributed by atoms with Gasteiger partial charge < -0.3 is 5.11 Å². The maximum absolute atomic E-state index is 14.0. The monoisotopic (exact) mass is 262 g/mol. The highest BCUT2D eigenvalue weighted by molar-refractivity contribution is 5.89. The minimum Gasteiger partial charge on any atom is -0.478 e. The molecule has 0 spiro atoms. The lowest BCUT2D eigenvalue weighted by molar-refractivity contribution is 0.0690. The Balaban J connectivity index is 2.68. The van der Waals surface area contributed by atoms with Gasteiger partial charge in [0, 0.05) is 5.56 Å². The van der Waals surface area contributed by atoms with Gasteiger partial charge in [0.15, 0.2) is 11.6 Å². The van der Waals surface area contributed by atoms with Gasteiger partial charge in [-0.05, 0) is 36.6 Å². The molecule has 2 aromatic rings. The molecule has 0 aliphatic heterocycles. The number of carboxylic acid groups (broad SMARTS) is 1. The lowest BCUT2D eigenvalue weighted by atomic mass is 9.95. The summed E-state index contributed by atoms with van der Waals surface area (Å²) < 4.78 is 27.7. The second kappa shape index (κ2) is 4.80. The highest BCUT2D eigenvalue weighted by Gasteiger charge is 2.19. The van der Waals surface area contributed by atoms with Crippen LogP contribution < -0.4 is 0 Å². The standard InChI is InChI=1S/C15H12F2O2/c1-8-4-3-5-10(9(8)2)11-6-7-12(15(18)19)14(17)13(11)16/h3-7H,1-2H3,(H,18,19). The molecule has 4 heteroatoms. The van der Waals surface area contributed by atoms with Gasteiger partial charge in [0.1, 0.15) is 0 Å². The average molecular weight is 262 g/mol. The molecule has 0 amide bonds. The van der Waals surface area contributed by atoms with Gasteiger partial charge in [-0.2, -0.15) is 0 Å². The van der Waals surface area contributed by atoms with Crippen LogP contribution >= 0.6 is 0 Å². The SMILES string of the molecule is Cc1cccc(-c2ccc(C(=O)O)c(F)c2F)c1C. The molecule has 0 saturated carbocycles. The van der Waals surface area contributed by atoms with Gasteiger partial charge in [0.2, 0.25) is 0 Å². The maximum atomic E-state index is 14.0. The fraction of sp³-hybridized carbons (Fsp3) is 0.133. The number of carboxylic acids is 1. The van der Waals surface area contributed by atoms with E-state index in [1.807, 2.05) is 19.9 Å². The van der Waals surface area contributed by atoms with Crippen LogP contribution in [0.25, 0.3) is 11.1 Å². The van der Waals surface area contributed by atoms with E-state index in [-0.39, 0.29) is 5.56 Å². The van der Waals surface area contributed by atoms with Crippen molar-refractivity contribution in [3.8, 4) is 11.1 Å². The van der Waals surface area contributed by atoms with Crippen molar-refractivity contribution in [1.82, 2.24) is 0 Å². The molecule has 0 aliphatic rings. The first-order chi connectivity index (χ1) is 8.93. The lowest BCUT2D eigenvalue weighted by Crippen LogP contribution is -2.04. The number of halogens is 2. The lowest BCUT2D eigenvalue weighted by Gasteiger charge is -2.11. The normalized spacial score (nSPS) is 10.5. The number of carbonyl (C=O) groups is 1. The Morgan fingerprint density at radius 1 is 1.00 bits per heavy atom. The predicted molar refractivity (Wildman–Crippen MR) is 68.2 cm³/mol. The molecule has 0 aromatic heterocycles. The van der Waals surface area contributed by atoms with Gasteiger partial charge in [0.25, 0.3) is 0 Å². The number of hydrogen-bond donors (Lipinski definition) is 1. The van der Waals surface area contributed by atoms with E-state index in [1.54, 1.807) is 12.1 Å². The fourth-order valence-electron chi connectivity index (χ4n) is 1.97. The van der Waals surface area contributed by atoms with Crippen LogP contribution in [0, 0.1) is 25.5 Å². The molecule has 0 heterocycles. The maximum Gasteiger partial charge on any atom is 0.338 e. The van der Waals surface area contributed by atoms with E-state index in [1.165, 1.54) is 6.07 Å². The summed E-state index contributed by atoms with van der Waals surface area (Å²) >= 11 is 0. The minimum absolute atomic E-state index is 0.0729. The topological polar surface area (TPSA) is 37.3 Å². The van der Waals surface area contributed by atoms with Gasteiger partial charge in [-0.3, -0.25) is 0 Å². The Morgan fingerprint density at radius 2 is 1.68 bits per heavy atom. The first kappa shape index (κ1) is 13.2. The molecule has 98 valence electrons. The first-order valence-corrected chi connectivity index (χ1v) is 5.71. The van der Waals surface area contributed by atoms with Crippen molar-refractivity contribution in [2.24, 2.45) is 0 Å². The minimum atomic E-state index is -1.48. The Kier molecular flexibility index (Phi) is 3.34. The van der Waals surface area contributed by atoms with Crippen molar-refractivity contribution in [2.45, 2.75) is 13.8 Å². The highest BCUT2D eigenvalue weighted by Crippen LogP contribution is 2.30. The van der Waals surface area contributed by atoms with E-state index >= 15 is 0 Å². The molecular formula is C15H12F2O2. The molecule has 19 heavy (non-hydrogen) atoms. The molecule has 0 radical (unpaired) electrons. The largest absolute Gasteiger partial charge is 0.478 e. The van der Waals surface area contributed by atoms with Crippen LogP contribution in [0.4, 0.5) is 8.78 Å². The summed E-state index contributed by atoms with van der Waals surface area (Å²) in [4.78, 5) is 10.7. The number of rotatable bonds is 2. The van der Waals surface area contributed by atoms with Gasteiger partial charge >= 0.3 is 5.97 Å². The molecule has 0 atom stereocenters. The Bertz CT molecular complexity index is 663. The van der Waals surface area contributed by atoms with Gasteiger partial charge in [-0.15, -0.1) is 0 Å². The van der Waals surface area contributed by atoms with E-state index in [4.69, 9.17) is 5.11 Å². The van der Waals surface area contributed by atoms with Crippen molar-refractivity contribution in [3.63, 3.8) is 0 Å². The van der Waals surface area contributed by atoms with Crippen LogP contribution in [-0.2, 0) is 0 Å². The van der Waals surface area contributed by atoms with Crippen LogP contribution in [0.15, 0.2) is 30.3 Å². The van der Waals surface area contributed by atoms with Crippen LogP contribution in [0.2, 0.25) is 0 Å². The van der Waals surface area contributed by atoms with Crippen LogP contribution in [0.5, 0.6) is 0 Å². The first-order valence-electron chi connectivity index (χ1n) is 5.71. The molecule has 0 fully saturated rings. The van der Waals surface area contributed by atoms with E-state index in [0.29, 0.717) is 5.56 Å². The summed E-state index contributed by atoms with van der Waals surface area (Å²) in [6.45, 7) is 3.69. The second-order valence-corrected chi connectivity index (χ2v) is 4.34.